The number of anilines is 1. The summed E-state index contributed by atoms with van der Waals surface area (Å²) < 4.78 is 6.79. The van der Waals surface area contributed by atoms with E-state index in [1.807, 2.05) is 37.3 Å². The van der Waals surface area contributed by atoms with E-state index in [0.29, 0.717) is 17.3 Å². The summed E-state index contributed by atoms with van der Waals surface area (Å²) in [5, 5.41) is 0.635. The molecule has 0 aromatic heterocycles. The Kier molecular flexibility index (Phi) is 4.15. The van der Waals surface area contributed by atoms with Crippen molar-refractivity contribution in [3.63, 3.8) is 0 Å². The number of aryl methyl sites for hydroxylation is 1. The molecule has 2 rings (SSSR count). The molecule has 0 saturated heterocycles. The Balaban J connectivity index is 2.11. The second kappa shape index (κ2) is 5.63. The van der Waals surface area contributed by atoms with Crippen molar-refractivity contribution in [3.05, 3.63) is 57.0 Å². The predicted octanol–water partition coefficient (Wildman–Crippen LogP) is 4.57. The Morgan fingerprint density at radius 2 is 2.00 bits per heavy atom. The topological polar surface area (TPSA) is 35.2 Å². The third kappa shape index (κ3) is 3.18. The van der Waals surface area contributed by atoms with Gasteiger partial charge in [0.2, 0.25) is 0 Å². The van der Waals surface area contributed by atoms with Crippen molar-refractivity contribution in [2.24, 2.45) is 0 Å². The van der Waals surface area contributed by atoms with Gasteiger partial charge in [-0.1, -0.05) is 33.6 Å². The highest BCUT2D eigenvalue weighted by Crippen LogP contribution is 2.24. The smallest absolute Gasteiger partial charge is 0.122 e. The number of halogens is 2. The van der Waals surface area contributed by atoms with Crippen LogP contribution in [0.4, 0.5) is 5.69 Å². The minimum atomic E-state index is 0.436. The van der Waals surface area contributed by atoms with Gasteiger partial charge in [0.25, 0.3) is 0 Å². The summed E-state index contributed by atoms with van der Waals surface area (Å²) in [6.07, 6.45) is 0. The van der Waals surface area contributed by atoms with Crippen LogP contribution in [0, 0.1) is 6.92 Å². The average molecular weight is 327 g/mol. The van der Waals surface area contributed by atoms with Crippen molar-refractivity contribution in [2.75, 3.05) is 5.73 Å². The SMILES string of the molecule is Cc1cc(Br)ccc1OCc1ccc(Cl)cc1N. The van der Waals surface area contributed by atoms with Crippen molar-refractivity contribution < 1.29 is 4.74 Å². The van der Waals surface area contributed by atoms with Gasteiger partial charge in [-0.15, -0.1) is 0 Å². The van der Waals surface area contributed by atoms with Crippen molar-refractivity contribution in [2.45, 2.75) is 13.5 Å². The largest absolute Gasteiger partial charge is 0.489 e. The zero-order chi connectivity index (χ0) is 13.1. The quantitative estimate of drug-likeness (QED) is 0.838. The highest BCUT2D eigenvalue weighted by atomic mass is 79.9. The van der Waals surface area contributed by atoms with Gasteiger partial charge in [-0.2, -0.15) is 0 Å². The number of ether oxygens (including phenoxy) is 1. The highest BCUT2D eigenvalue weighted by Gasteiger charge is 2.04. The fourth-order valence-corrected chi connectivity index (χ4v) is 2.28. The molecule has 2 aromatic carbocycles. The van der Waals surface area contributed by atoms with Gasteiger partial charge in [0, 0.05) is 20.7 Å². The molecule has 0 fully saturated rings. The Bertz CT molecular complexity index is 520. The fraction of sp³-hybridized carbons (Fsp3) is 0.143. The lowest BCUT2D eigenvalue weighted by Gasteiger charge is -2.11. The Hall–Kier alpha value is -1.19. The van der Waals surface area contributed by atoms with E-state index in [2.05, 4.69) is 15.9 Å². The van der Waals surface area contributed by atoms with Crippen LogP contribution in [0.2, 0.25) is 5.02 Å². The molecule has 2 N–H and O–H groups in total. The molecule has 0 aliphatic rings. The molecule has 4 heteroatoms. The Morgan fingerprint density at radius 1 is 1.22 bits per heavy atom. The van der Waals surface area contributed by atoms with Crippen LogP contribution < -0.4 is 10.5 Å². The van der Waals surface area contributed by atoms with Gasteiger partial charge in [0.05, 0.1) is 0 Å². The van der Waals surface area contributed by atoms with Gasteiger partial charge in [-0.25, -0.2) is 0 Å². The monoisotopic (exact) mass is 325 g/mol. The molecule has 0 aliphatic carbocycles. The minimum Gasteiger partial charge on any atom is -0.489 e. The average Bonchev–Trinajstić information content (AvgIpc) is 2.30. The summed E-state index contributed by atoms with van der Waals surface area (Å²) in [4.78, 5) is 0. The number of nitrogens with two attached hydrogens (primary N) is 1. The maximum atomic E-state index is 5.88. The van der Waals surface area contributed by atoms with E-state index < -0.39 is 0 Å². The summed E-state index contributed by atoms with van der Waals surface area (Å²) in [7, 11) is 0. The van der Waals surface area contributed by atoms with Crippen LogP contribution in [0.15, 0.2) is 40.9 Å². The molecule has 0 aliphatic heterocycles. The summed E-state index contributed by atoms with van der Waals surface area (Å²) in [5.74, 6) is 0.854. The van der Waals surface area contributed by atoms with Crippen molar-refractivity contribution in [1.82, 2.24) is 0 Å². The molecule has 94 valence electrons. The Labute approximate surface area is 120 Å². The van der Waals surface area contributed by atoms with Crippen LogP contribution in [0.25, 0.3) is 0 Å². The molecular weight excluding hydrogens is 314 g/mol. The minimum absolute atomic E-state index is 0.436. The summed E-state index contributed by atoms with van der Waals surface area (Å²) >= 11 is 9.27. The normalized spacial score (nSPS) is 10.4. The molecule has 2 nitrogen and oxygen atoms in total. The molecule has 0 heterocycles. The first-order valence-corrected chi connectivity index (χ1v) is 6.66. The number of hydrogen-bond donors (Lipinski definition) is 1. The van der Waals surface area contributed by atoms with Crippen molar-refractivity contribution >= 4 is 33.2 Å². The third-order valence-electron chi connectivity index (χ3n) is 2.63. The van der Waals surface area contributed by atoms with Crippen LogP contribution in [-0.4, -0.2) is 0 Å². The first kappa shape index (κ1) is 13.2. The molecule has 2 aromatic rings. The van der Waals surface area contributed by atoms with E-state index in [1.54, 1.807) is 6.07 Å². The molecule has 0 atom stereocenters. The van der Waals surface area contributed by atoms with Crippen LogP contribution in [-0.2, 0) is 6.61 Å². The summed E-state index contributed by atoms with van der Waals surface area (Å²) in [6, 6.07) is 11.3. The molecule has 18 heavy (non-hydrogen) atoms. The number of nitrogen functional groups attached to an aromatic ring is 1. The number of rotatable bonds is 3. The Morgan fingerprint density at radius 3 is 2.67 bits per heavy atom. The fourth-order valence-electron chi connectivity index (χ4n) is 1.63. The van der Waals surface area contributed by atoms with Crippen LogP contribution in [0.5, 0.6) is 5.75 Å². The van der Waals surface area contributed by atoms with Crippen molar-refractivity contribution in [3.8, 4) is 5.75 Å². The predicted molar refractivity (Wildman–Crippen MR) is 79.1 cm³/mol. The first-order chi connectivity index (χ1) is 8.56. The zero-order valence-corrected chi connectivity index (χ0v) is 12.3. The summed E-state index contributed by atoms with van der Waals surface area (Å²) in [6.45, 7) is 2.44. The van der Waals surface area contributed by atoms with E-state index in [1.165, 1.54) is 0 Å². The van der Waals surface area contributed by atoms with E-state index in [4.69, 9.17) is 22.1 Å². The van der Waals surface area contributed by atoms with Gasteiger partial charge < -0.3 is 10.5 Å². The second-order valence-corrected chi connectivity index (χ2v) is 5.39. The third-order valence-corrected chi connectivity index (χ3v) is 3.36. The van der Waals surface area contributed by atoms with Gasteiger partial charge in [-0.3, -0.25) is 0 Å². The molecular formula is C14H13BrClNO. The standard InChI is InChI=1S/C14H13BrClNO/c1-9-6-11(15)3-5-14(9)18-8-10-2-4-12(16)7-13(10)17/h2-7H,8,17H2,1H3. The van der Waals surface area contributed by atoms with E-state index in [9.17, 15) is 0 Å². The first-order valence-electron chi connectivity index (χ1n) is 5.49. The van der Waals surface area contributed by atoms with E-state index in [0.717, 1.165) is 21.3 Å². The summed E-state index contributed by atoms with van der Waals surface area (Å²) in [5.41, 5.74) is 8.54. The lowest BCUT2D eigenvalue weighted by molar-refractivity contribution is 0.305. The van der Waals surface area contributed by atoms with Gasteiger partial charge in [0.1, 0.15) is 12.4 Å². The lowest BCUT2D eigenvalue weighted by Crippen LogP contribution is -2.01. The maximum absolute atomic E-state index is 5.88. The number of benzene rings is 2. The van der Waals surface area contributed by atoms with Gasteiger partial charge in [0.15, 0.2) is 0 Å². The van der Waals surface area contributed by atoms with E-state index >= 15 is 0 Å². The number of hydrogen-bond acceptors (Lipinski definition) is 2. The highest BCUT2D eigenvalue weighted by molar-refractivity contribution is 9.10. The van der Waals surface area contributed by atoms with Gasteiger partial charge in [-0.05, 0) is 42.8 Å². The van der Waals surface area contributed by atoms with Crippen molar-refractivity contribution in [1.29, 1.82) is 0 Å². The molecule has 0 bridgehead atoms. The van der Waals surface area contributed by atoms with Crippen LogP contribution in [0.3, 0.4) is 0 Å². The zero-order valence-electron chi connectivity index (χ0n) is 9.91. The molecule has 0 radical (unpaired) electrons. The molecule has 0 spiro atoms. The molecule has 0 unspecified atom stereocenters. The molecule has 0 amide bonds. The second-order valence-electron chi connectivity index (χ2n) is 4.04. The maximum Gasteiger partial charge on any atom is 0.122 e. The van der Waals surface area contributed by atoms with Gasteiger partial charge >= 0.3 is 0 Å². The van der Waals surface area contributed by atoms with E-state index in [-0.39, 0.29) is 0 Å². The van der Waals surface area contributed by atoms with Crippen LogP contribution in [0.1, 0.15) is 11.1 Å². The lowest BCUT2D eigenvalue weighted by atomic mass is 10.2. The molecule has 0 saturated carbocycles. The van der Waals surface area contributed by atoms with Crippen LogP contribution >= 0.6 is 27.5 Å².